The van der Waals surface area contributed by atoms with Crippen molar-refractivity contribution in [3.63, 3.8) is 0 Å². The molecular weight excluding hydrogens is 266 g/mol. The summed E-state index contributed by atoms with van der Waals surface area (Å²) in [6.07, 6.45) is 0. The van der Waals surface area contributed by atoms with Crippen molar-refractivity contribution in [2.75, 3.05) is 7.11 Å². The summed E-state index contributed by atoms with van der Waals surface area (Å²) < 4.78 is 5.29. The van der Waals surface area contributed by atoms with Crippen molar-refractivity contribution >= 4 is 44.7 Å². The van der Waals surface area contributed by atoms with E-state index in [1.807, 2.05) is 0 Å². The second-order valence-corrected chi connectivity index (χ2v) is 4.69. The van der Waals surface area contributed by atoms with E-state index >= 15 is 0 Å². The quantitative estimate of drug-likeness (QED) is 0.478. The number of benzene rings is 1. The molecule has 1 aromatic heterocycles. The third kappa shape index (κ3) is 2.09. The summed E-state index contributed by atoms with van der Waals surface area (Å²) >= 11 is 6.95. The summed E-state index contributed by atoms with van der Waals surface area (Å²) in [7, 11) is 1.28. The van der Waals surface area contributed by atoms with Gasteiger partial charge in [0.15, 0.2) is 0 Å². The monoisotopic (exact) mass is 271 g/mol. The Morgan fingerprint density at radius 2 is 2.18 bits per heavy atom. The predicted octanol–water partition coefficient (Wildman–Crippen LogP) is 3.25. The summed E-state index contributed by atoms with van der Waals surface area (Å²) in [6.45, 7) is 0. The van der Waals surface area contributed by atoms with Crippen molar-refractivity contribution in [3.05, 3.63) is 38.2 Å². The Bertz CT molecular complexity index is 622. The number of hydrogen-bond donors (Lipinski definition) is 0. The Morgan fingerprint density at radius 1 is 1.47 bits per heavy atom. The molecule has 0 bridgehead atoms. The van der Waals surface area contributed by atoms with Crippen LogP contribution in [0.2, 0.25) is 5.02 Å². The molecular formula is C10H6ClNO4S. The Hall–Kier alpha value is -1.66. The number of esters is 1. The number of hydrogen-bond acceptors (Lipinski definition) is 5. The summed E-state index contributed by atoms with van der Waals surface area (Å²) in [6, 6.07) is 4.38. The van der Waals surface area contributed by atoms with E-state index in [9.17, 15) is 14.9 Å². The van der Waals surface area contributed by atoms with Crippen molar-refractivity contribution in [2.24, 2.45) is 0 Å². The van der Waals surface area contributed by atoms with Crippen LogP contribution in [-0.2, 0) is 4.74 Å². The molecule has 2 aromatic rings. The molecule has 0 fully saturated rings. The van der Waals surface area contributed by atoms with Gasteiger partial charge in [-0.3, -0.25) is 10.1 Å². The lowest BCUT2D eigenvalue weighted by atomic mass is 10.2. The predicted molar refractivity (Wildman–Crippen MR) is 64.8 cm³/mol. The number of ether oxygens (including phenoxy) is 1. The number of halogens is 1. The summed E-state index contributed by atoms with van der Waals surface area (Å²) in [5.41, 5.74) is -0.173. The Balaban J connectivity index is 2.62. The number of carbonyl (C=O) groups is 1. The molecule has 0 saturated heterocycles. The molecule has 7 heteroatoms. The molecule has 0 aliphatic heterocycles. The lowest BCUT2D eigenvalue weighted by Gasteiger charge is -1.94. The van der Waals surface area contributed by atoms with Crippen LogP contribution in [0.4, 0.5) is 5.69 Å². The van der Waals surface area contributed by atoms with Gasteiger partial charge < -0.3 is 4.74 Å². The van der Waals surface area contributed by atoms with Crippen LogP contribution < -0.4 is 0 Å². The fraction of sp³-hybridized carbons (Fsp3) is 0.100. The molecule has 0 amide bonds. The van der Waals surface area contributed by atoms with Crippen LogP contribution in [0.5, 0.6) is 0 Å². The molecule has 88 valence electrons. The molecule has 1 aromatic carbocycles. The Morgan fingerprint density at radius 3 is 2.76 bits per heavy atom. The van der Waals surface area contributed by atoms with Gasteiger partial charge in [0.25, 0.3) is 5.69 Å². The van der Waals surface area contributed by atoms with Gasteiger partial charge in [-0.05, 0) is 12.1 Å². The number of nitro groups is 1. The maximum atomic E-state index is 11.3. The normalized spacial score (nSPS) is 10.5. The van der Waals surface area contributed by atoms with Gasteiger partial charge in [0.2, 0.25) is 0 Å². The third-order valence-electron chi connectivity index (χ3n) is 2.17. The molecule has 0 unspecified atom stereocenters. The lowest BCUT2D eigenvalue weighted by Crippen LogP contribution is -1.96. The number of fused-ring (bicyclic) bond motifs is 1. The molecule has 2 rings (SSSR count). The van der Waals surface area contributed by atoms with Gasteiger partial charge in [0, 0.05) is 16.2 Å². The van der Waals surface area contributed by atoms with E-state index in [0.717, 1.165) is 0 Å². The highest BCUT2D eigenvalue weighted by Gasteiger charge is 2.17. The molecule has 0 atom stereocenters. The average molecular weight is 272 g/mol. The summed E-state index contributed by atoms with van der Waals surface area (Å²) in [5, 5.41) is 11.4. The van der Waals surface area contributed by atoms with E-state index in [1.54, 1.807) is 6.07 Å². The minimum Gasteiger partial charge on any atom is -0.465 e. The minimum absolute atomic E-state index is 0.0563. The fourth-order valence-corrected chi connectivity index (χ4v) is 2.69. The number of nitro benzene ring substituents is 1. The van der Waals surface area contributed by atoms with Gasteiger partial charge in [-0.25, -0.2) is 4.79 Å². The molecule has 0 radical (unpaired) electrons. The number of methoxy groups -OCH3 is 1. The van der Waals surface area contributed by atoms with E-state index in [-0.39, 0.29) is 10.7 Å². The highest BCUT2D eigenvalue weighted by molar-refractivity contribution is 7.20. The molecule has 0 aliphatic carbocycles. The molecule has 0 spiro atoms. The zero-order valence-electron chi connectivity index (χ0n) is 8.60. The standard InChI is InChI=1S/C10H6ClNO4S/c1-16-10(13)9-3-5-2-7(12(14)15)6(11)4-8(5)17-9/h2-4H,1H3. The Kier molecular flexibility index (Phi) is 2.99. The average Bonchev–Trinajstić information content (AvgIpc) is 2.69. The van der Waals surface area contributed by atoms with E-state index in [2.05, 4.69) is 4.74 Å². The van der Waals surface area contributed by atoms with E-state index in [4.69, 9.17) is 11.6 Å². The summed E-state index contributed by atoms with van der Waals surface area (Å²) in [4.78, 5) is 21.8. The first-order valence-corrected chi connectivity index (χ1v) is 5.68. The molecule has 5 nitrogen and oxygen atoms in total. The first-order chi connectivity index (χ1) is 8.02. The van der Waals surface area contributed by atoms with Gasteiger partial charge >= 0.3 is 5.97 Å². The first-order valence-electron chi connectivity index (χ1n) is 4.48. The van der Waals surface area contributed by atoms with Crippen molar-refractivity contribution < 1.29 is 14.5 Å². The van der Waals surface area contributed by atoms with Crippen LogP contribution in [0.1, 0.15) is 9.67 Å². The second kappa shape index (κ2) is 4.31. The number of nitrogens with zero attached hydrogens (tertiary/aromatic N) is 1. The maximum absolute atomic E-state index is 11.3. The van der Waals surface area contributed by atoms with Gasteiger partial charge in [-0.15, -0.1) is 11.3 Å². The van der Waals surface area contributed by atoms with E-state index in [0.29, 0.717) is 15.0 Å². The van der Waals surface area contributed by atoms with Crippen molar-refractivity contribution in [1.82, 2.24) is 0 Å². The van der Waals surface area contributed by atoms with E-state index < -0.39 is 10.9 Å². The van der Waals surface area contributed by atoms with Crippen LogP contribution in [0, 0.1) is 10.1 Å². The largest absolute Gasteiger partial charge is 0.465 e. The van der Waals surface area contributed by atoms with E-state index in [1.165, 1.54) is 30.6 Å². The van der Waals surface area contributed by atoms with Gasteiger partial charge in [0.05, 0.1) is 12.0 Å². The highest BCUT2D eigenvalue weighted by atomic mass is 35.5. The van der Waals surface area contributed by atoms with Crippen LogP contribution in [0.25, 0.3) is 10.1 Å². The fourth-order valence-electron chi connectivity index (χ4n) is 1.39. The molecule has 0 aliphatic rings. The number of thiophene rings is 1. The van der Waals surface area contributed by atoms with Crippen molar-refractivity contribution in [3.8, 4) is 0 Å². The zero-order valence-corrected chi connectivity index (χ0v) is 10.2. The molecule has 1 heterocycles. The topological polar surface area (TPSA) is 69.4 Å². The summed E-state index contributed by atoms with van der Waals surface area (Å²) in [5.74, 6) is -0.468. The highest BCUT2D eigenvalue weighted by Crippen LogP contribution is 2.34. The number of carbonyl (C=O) groups excluding carboxylic acids is 1. The zero-order chi connectivity index (χ0) is 12.6. The smallest absolute Gasteiger partial charge is 0.348 e. The SMILES string of the molecule is COC(=O)c1cc2cc([N+](=O)[O-])c(Cl)cc2s1. The van der Waals surface area contributed by atoms with Gasteiger partial charge in [-0.1, -0.05) is 11.6 Å². The molecule has 17 heavy (non-hydrogen) atoms. The van der Waals surface area contributed by atoms with Crippen molar-refractivity contribution in [1.29, 1.82) is 0 Å². The first kappa shape index (κ1) is 11.8. The maximum Gasteiger partial charge on any atom is 0.348 e. The number of rotatable bonds is 2. The van der Waals surface area contributed by atoms with Crippen LogP contribution in [-0.4, -0.2) is 18.0 Å². The van der Waals surface area contributed by atoms with Crippen LogP contribution in [0.3, 0.4) is 0 Å². The lowest BCUT2D eigenvalue weighted by molar-refractivity contribution is -0.384. The van der Waals surface area contributed by atoms with Gasteiger partial charge in [0.1, 0.15) is 9.90 Å². The second-order valence-electron chi connectivity index (χ2n) is 3.20. The minimum atomic E-state index is -0.558. The molecule has 0 saturated carbocycles. The van der Waals surface area contributed by atoms with Crippen LogP contribution in [0.15, 0.2) is 18.2 Å². The Labute approximate surface area is 105 Å². The third-order valence-corrected chi connectivity index (χ3v) is 3.55. The van der Waals surface area contributed by atoms with Crippen molar-refractivity contribution in [2.45, 2.75) is 0 Å². The van der Waals surface area contributed by atoms with Crippen LogP contribution >= 0.6 is 22.9 Å². The molecule has 0 N–H and O–H groups in total. The van der Waals surface area contributed by atoms with Gasteiger partial charge in [-0.2, -0.15) is 0 Å².